The maximum atomic E-state index is 9.17. The van der Waals surface area contributed by atoms with Gasteiger partial charge in [-0.15, -0.1) is 0 Å². The average molecular weight is 499 g/mol. The Morgan fingerprint density at radius 3 is 2.23 bits per heavy atom. The summed E-state index contributed by atoms with van der Waals surface area (Å²) >= 11 is 1.00. The number of hydrogen-bond acceptors (Lipinski definition) is 6. The molecule has 2 aromatic rings. The van der Waals surface area contributed by atoms with Gasteiger partial charge in [-0.05, 0) is 113 Å². The Morgan fingerprint density at radius 2 is 1.71 bits per heavy atom. The molecular weight excluding hydrogens is 452 g/mol. The van der Waals surface area contributed by atoms with E-state index in [0.29, 0.717) is 4.91 Å². The predicted octanol–water partition coefficient (Wildman–Crippen LogP) is 6.94. The number of rotatable bonds is 10. The van der Waals surface area contributed by atoms with Crippen LogP contribution in [0.15, 0.2) is 41.3 Å². The minimum absolute atomic E-state index is 0.0366. The normalized spacial score (nSPS) is 12.3. The lowest BCUT2D eigenvalue weighted by molar-refractivity contribution is -0.00775. The molecule has 0 radical (unpaired) electrons. The summed E-state index contributed by atoms with van der Waals surface area (Å²) in [6.07, 6.45) is 1.16. The summed E-state index contributed by atoms with van der Waals surface area (Å²) in [7, 11) is 4.20. The molecule has 0 spiro atoms. The number of nitrogens with two attached hydrogens (primary N) is 1. The van der Waals surface area contributed by atoms with Crippen LogP contribution in [0.4, 0.5) is 5.69 Å². The van der Waals surface area contributed by atoms with Gasteiger partial charge in [0, 0.05) is 31.9 Å². The first-order valence-corrected chi connectivity index (χ1v) is 13.3. The Kier molecular flexibility index (Phi) is 13.4. The van der Waals surface area contributed by atoms with E-state index in [1.54, 1.807) is 0 Å². The monoisotopic (exact) mass is 498 g/mol. The van der Waals surface area contributed by atoms with E-state index < -0.39 is 0 Å². The number of nitriles is 1. The van der Waals surface area contributed by atoms with Crippen LogP contribution in [-0.4, -0.2) is 50.8 Å². The summed E-state index contributed by atoms with van der Waals surface area (Å²) < 4.78 is 5.54. The third-order valence-electron chi connectivity index (χ3n) is 5.61. The standard InChI is InChI=1S/C20H26N4S.C9H20O/c1-5-24(11-10-23(3)4)19-9-8-17-12-16(6-7-18(17)13-19)15(2)20(14-21)25-22;1-8(2)6-7-10-9(3,4)5/h6-9,12-13H,5,10-11,22H2,1-4H3;8H,6-7H2,1-5H3/b20-15+;. The van der Waals surface area contributed by atoms with Crippen LogP contribution in [-0.2, 0) is 4.74 Å². The van der Waals surface area contributed by atoms with Crippen LogP contribution in [0.2, 0.25) is 0 Å². The maximum absolute atomic E-state index is 9.17. The molecular formula is C29H46N4OS. The summed E-state index contributed by atoms with van der Waals surface area (Å²) in [5, 5.41) is 17.1. The van der Waals surface area contributed by atoms with Crippen molar-refractivity contribution in [2.75, 3.05) is 45.2 Å². The number of anilines is 1. The highest BCUT2D eigenvalue weighted by molar-refractivity contribution is 8.01. The zero-order chi connectivity index (χ0) is 26.6. The molecule has 6 heteroatoms. The number of nitrogens with zero attached hydrogens (tertiary/aromatic N) is 3. The molecule has 0 fully saturated rings. The van der Waals surface area contributed by atoms with Crippen LogP contribution in [0.3, 0.4) is 0 Å². The highest BCUT2D eigenvalue weighted by Crippen LogP contribution is 2.28. The largest absolute Gasteiger partial charge is 0.376 e. The van der Waals surface area contributed by atoms with E-state index in [2.05, 4.69) is 108 Å². The van der Waals surface area contributed by atoms with Crippen LogP contribution in [0.25, 0.3) is 16.3 Å². The topological polar surface area (TPSA) is 65.5 Å². The van der Waals surface area contributed by atoms with E-state index in [0.717, 1.165) is 61.7 Å². The van der Waals surface area contributed by atoms with Gasteiger partial charge in [0.15, 0.2) is 0 Å². The summed E-state index contributed by atoms with van der Waals surface area (Å²) in [6, 6.07) is 15.0. The van der Waals surface area contributed by atoms with Gasteiger partial charge in [0.1, 0.15) is 11.0 Å². The second-order valence-corrected chi connectivity index (χ2v) is 11.1. The lowest BCUT2D eigenvalue weighted by Crippen LogP contribution is -2.31. The Hall–Kier alpha value is -2.04. The number of likely N-dealkylation sites (N-methyl/N-ethyl adjacent to an activating group) is 2. The van der Waals surface area contributed by atoms with Crippen molar-refractivity contribution in [1.82, 2.24) is 4.90 Å². The summed E-state index contributed by atoms with van der Waals surface area (Å²) in [4.78, 5) is 5.14. The molecule has 0 saturated heterocycles. The van der Waals surface area contributed by atoms with Crippen LogP contribution in [0, 0.1) is 17.2 Å². The average Bonchev–Trinajstić information content (AvgIpc) is 2.79. The molecule has 0 heterocycles. The van der Waals surface area contributed by atoms with Crippen molar-refractivity contribution >= 4 is 34.0 Å². The van der Waals surface area contributed by atoms with Gasteiger partial charge in [0.05, 0.1) is 5.60 Å². The molecule has 194 valence electrons. The molecule has 0 aliphatic rings. The minimum atomic E-state index is 0.0366. The zero-order valence-corrected chi connectivity index (χ0v) is 24.1. The molecule has 2 aromatic carbocycles. The first-order chi connectivity index (χ1) is 16.4. The first kappa shape index (κ1) is 31.0. The molecule has 0 unspecified atom stereocenters. The Balaban J connectivity index is 0.000000518. The minimum Gasteiger partial charge on any atom is -0.376 e. The molecule has 0 saturated carbocycles. The van der Waals surface area contributed by atoms with Gasteiger partial charge in [-0.1, -0.05) is 32.0 Å². The number of ether oxygens (including phenoxy) is 1. The van der Waals surface area contributed by atoms with E-state index in [1.165, 1.54) is 16.5 Å². The summed E-state index contributed by atoms with van der Waals surface area (Å²) in [6.45, 7) is 18.7. The van der Waals surface area contributed by atoms with Crippen molar-refractivity contribution in [2.24, 2.45) is 11.1 Å². The maximum Gasteiger partial charge on any atom is 0.108 e. The quantitative estimate of drug-likeness (QED) is 0.283. The van der Waals surface area contributed by atoms with E-state index >= 15 is 0 Å². The summed E-state index contributed by atoms with van der Waals surface area (Å²) in [5.74, 6) is 0.752. The van der Waals surface area contributed by atoms with Crippen molar-refractivity contribution in [3.05, 3.63) is 46.9 Å². The Labute approximate surface area is 218 Å². The molecule has 0 aliphatic heterocycles. The molecule has 0 atom stereocenters. The van der Waals surface area contributed by atoms with Gasteiger partial charge in [0.2, 0.25) is 0 Å². The van der Waals surface area contributed by atoms with Crippen LogP contribution < -0.4 is 10.0 Å². The van der Waals surface area contributed by atoms with Crippen LogP contribution >= 0.6 is 11.9 Å². The van der Waals surface area contributed by atoms with Crippen molar-refractivity contribution in [1.29, 1.82) is 5.26 Å². The molecule has 0 amide bonds. The third-order valence-corrected chi connectivity index (χ3v) is 6.24. The van der Waals surface area contributed by atoms with E-state index in [1.807, 2.05) is 6.92 Å². The number of benzene rings is 2. The van der Waals surface area contributed by atoms with Gasteiger partial charge in [-0.3, -0.25) is 5.14 Å². The van der Waals surface area contributed by atoms with Crippen molar-refractivity contribution < 1.29 is 4.74 Å². The third kappa shape index (κ3) is 11.5. The molecule has 5 nitrogen and oxygen atoms in total. The van der Waals surface area contributed by atoms with E-state index in [9.17, 15) is 0 Å². The van der Waals surface area contributed by atoms with Crippen molar-refractivity contribution in [2.45, 2.75) is 60.5 Å². The predicted molar refractivity (Wildman–Crippen MR) is 156 cm³/mol. The van der Waals surface area contributed by atoms with E-state index in [-0.39, 0.29) is 5.60 Å². The fourth-order valence-electron chi connectivity index (χ4n) is 3.38. The fourth-order valence-corrected chi connectivity index (χ4v) is 3.73. The van der Waals surface area contributed by atoms with Gasteiger partial charge in [0.25, 0.3) is 0 Å². The lowest BCUT2D eigenvalue weighted by Gasteiger charge is -2.25. The van der Waals surface area contributed by atoms with Gasteiger partial charge < -0.3 is 14.5 Å². The lowest BCUT2D eigenvalue weighted by atomic mass is 10.0. The van der Waals surface area contributed by atoms with Gasteiger partial charge in [-0.2, -0.15) is 5.26 Å². The zero-order valence-electron chi connectivity index (χ0n) is 23.3. The molecule has 2 rings (SSSR count). The van der Waals surface area contributed by atoms with Crippen LogP contribution in [0.5, 0.6) is 0 Å². The first-order valence-electron chi connectivity index (χ1n) is 12.5. The number of fused-ring (bicyclic) bond motifs is 1. The molecule has 2 N–H and O–H groups in total. The highest BCUT2D eigenvalue weighted by atomic mass is 32.2. The van der Waals surface area contributed by atoms with Gasteiger partial charge >= 0.3 is 0 Å². The summed E-state index contributed by atoms with van der Waals surface area (Å²) in [5.41, 5.74) is 3.23. The van der Waals surface area contributed by atoms with Gasteiger partial charge in [-0.25, -0.2) is 0 Å². The molecule has 0 bridgehead atoms. The Morgan fingerprint density at radius 1 is 1.09 bits per heavy atom. The smallest absolute Gasteiger partial charge is 0.108 e. The molecule has 0 aromatic heterocycles. The molecule has 35 heavy (non-hydrogen) atoms. The fraction of sp³-hybridized carbons (Fsp3) is 0.552. The highest BCUT2D eigenvalue weighted by Gasteiger charge is 2.10. The van der Waals surface area contributed by atoms with Crippen LogP contribution in [0.1, 0.15) is 60.5 Å². The second-order valence-electron chi connectivity index (χ2n) is 10.5. The van der Waals surface area contributed by atoms with Crippen molar-refractivity contribution in [3.63, 3.8) is 0 Å². The van der Waals surface area contributed by atoms with E-state index in [4.69, 9.17) is 15.1 Å². The Bertz CT molecular complexity index is 986. The molecule has 0 aliphatic carbocycles. The number of allylic oxidation sites excluding steroid dienone is 2. The second kappa shape index (κ2) is 15.2. The SMILES string of the molecule is CC(C)CCOC(C)(C)C.CCN(CCN(C)C)c1ccc2cc(/C(C)=C(\C#N)SN)ccc2c1. The van der Waals surface area contributed by atoms with Crippen molar-refractivity contribution in [3.8, 4) is 6.07 Å². The number of hydrogen-bond donors (Lipinski definition) is 1.